The first kappa shape index (κ1) is 18.4. The fourth-order valence-corrected chi connectivity index (χ4v) is 3.14. The maximum absolute atomic E-state index is 12.9. The molecule has 1 saturated carbocycles. The molecule has 1 aromatic carbocycles. The number of hydrogen-bond acceptors (Lipinski definition) is 3. The van der Waals surface area contributed by atoms with E-state index < -0.39 is 5.41 Å². The molecule has 1 aromatic heterocycles. The van der Waals surface area contributed by atoms with E-state index in [0.717, 1.165) is 17.5 Å². The first-order valence-corrected chi connectivity index (χ1v) is 9.03. The van der Waals surface area contributed by atoms with Crippen LogP contribution >= 0.6 is 11.6 Å². The van der Waals surface area contributed by atoms with Gasteiger partial charge < -0.3 is 10.2 Å². The average molecular weight is 372 g/mol. The summed E-state index contributed by atoms with van der Waals surface area (Å²) in [5.41, 5.74) is 1.63. The van der Waals surface area contributed by atoms with Crippen LogP contribution in [0.5, 0.6) is 0 Å². The second-order valence-corrected chi connectivity index (χ2v) is 7.19. The van der Waals surface area contributed by atoms with E-state index in [4.69, 9.17) is 11.6 Å². The van der Waals surface area contributed by atoms with Crippen molar-refractivity contribution >= 4 is 29.1 Å². The summed E-state index contributed by atoms with van der Waals surface area (Å²) in [6.07, 6.45) is 5.37. The van der Waals surface area contributed by atoms with Crippen LogP contribution in [-0.2, 0) is 16.0 Å². The van der Waals surface area contributed by atoms with E-state index in [1.54, 1.807) is 42.5 Å². The van der Waals surface area contributed by atoms with Crippen molar-refractivity contribution in [3.05, 3.63) is 58.9 Å². The highest BCUT2D eigenvalue weighted by Crippen LogP contribution is 2.48. The Balaban J connectivity index is 1.64. The Labute approximate surface area is 158 Å². The molecule has 2 amide bonds. The first-order chi connectivity index (χ1) is 12.4. The number of likely N-dealkylation sites (N-methyl/N-ethyl adjacent to an activating group) is 1. The molecule has 0 spiro atoms. The molecule has 1 aliphatic rings. The summed E-state index contributed by atoms with van der Waals surface area (Å²) in [5, 5.41) is 3.48. The third-order valence-electron chi connectivity index (χ3n) is 4.94. The van der Waals surface area contributed by atoms with Gasteiger partial charge in [-0.15, -0.1) is 0 Å². The molecule has 1 aliphatic carbocycles. The Morgan fingerprint density at radius 2 is 1.92 bits per heavy atom. The summed E-state index contributed by atoms with van der Waals surface area (Å²) in [6.45, 7) is 2.41. The van der Waals surface area contributed by atoms with Gasteiger partial charge in [-0.25, -0.2) is 0 Å². The largest absolute Gasteiger partial charge is 0.344 e. The lowest BCUT2D eigenvalue weighted by Crippen LogP contribution is -2.42. The molecule has 0 unspecified atom stereocenters. The Bertz CT molecular complexity index is 819. The zero-order valence-corrected chi connectivity index (χ0v) is 15.7. The number of nitrogens with zero attached hydrogens (tertiary/aromatic N) is 2. The standard InChI is InChI=1S/C20H22ClN3O2/c1-14-16(21)4-3-5-17(14)23-18(25)20(9-10-20)19(26)24(2)13-8-15-6-11-22-12-7-15/h3-7,11-12H,8-10,13H2,1-2H3,(H,23,25). The number of anilines is 1. The fraction of sp³-hybridized carbons (Fsp3) is 0.350. The second kappa shape index (κ2) is 7.46. The number of aromatic nitrogens is 1. The Hall–Kier alpha value is -2.40. The highest BCUT2D eigenvalue weighted by atomic mass is 35.5. The Kier molecular flexibility index (Phi) is 5.28. The van der Waals surface area contributed by atoms with E-state index in [1.165, 1.54) is 0 Å². The van der Waals surface area contributed by atoms with Gasteiger partial charge in [-0.1, -0.05) is 17.7 Å². The Morgan fingerprint density at radius 1 is 1.23 bits per heavy atom. The van der Waals surface area contributed by atoms with Gasteiger partial charge in [-0.3, -0.25) is 14.6 Å². The van der Waals surface area contributed by atoms with Crippen LogP contribution in [0.4, 0.5) is 5.69 Å². The molecular weight excluding hydrogens is 350 g/mol. The minimum atomic E-state index is -0.943. The lowest BCUT2D eigenvalue weighted by Gasteiger charge is -2.23. The topological polar surface area (TPSA) is 62.3 Å². The predicted molar refractivity (Wildman–Crippen MR) is 102 cm³/mol. The number of halogens is 1. The van der Waals surface area contributed by atoms with Crippen molar-refractivity contribution in [3.63, 3.8) is 0 Å². The van der Waals surface area contributed by atoms with Crippen LogP contribution in [0.2, 0.25) is 5.02 Å². The maximum Gasteiger partial charge on any atom is 0.240 e. The average Bonchev–Trinajstić information content (AvgIpc) is 3.45. The molecule has 0 atom stereocenters. The van der Waals surface area contributed by atoms with Crippen LogP contribution in [0.15, 0.2) is 42.7 Å². The summed E-state index contributed by atoms with van der Waals surface area (Å²) in [5.74, 6) is -0.368. The van der Waals surface area contributed by atoms with Crippen LogP contribution in [0, 0.1) is 12.3 Å². The molecule has 26 heavy (non-hydrogen) atoms. The summed E-state index contributed by atoms with van der Waals surface area (Å²) in [4.78, 5) is 31.3. The zero-order valence-electron chi connectivity index (χ0n) is 15.0. The number of rotatable bonds is 6. The van der Waals surface area contributed by atoms with Crippen molar-refractivity contribution in [3.8, 4) is 0 Å². The molecule has 5 nitrogen and oxygen atoms in total. The van der Waals surface area contributed by atoms with Gasteiger partial charge in [0.15, 0.2) is 0 Å². The molecule has 2 aromatic rings. The number of amides is 2. The molecule has 0 aliphatic heterocycles. The van der Waals surface area contributed by atoms with Gasteiger partial charge in [0.25, 0.3) is 0 Å². The Morgan fingerprint density at radius 3 is 2.58 bits per heavy atom. The molecule has 6 heteroatoms. The van der Waals surface area contributed by atoms with Gasteiger partial charge in [0.2, 0.25) is 11.8 Å². The van der Waals surface area contributed by atoms with Crippen LogP contribution in [-0.4, -0.2) is 35.3 Å². The molecule has 0 saturated heterocycles. The highest BCUT2D eigenvalue weighted by Gasteiger charge is 2.57. The number of carbonyl (C=O) groups excluding carboxylic acids is 2. The lowest BCUT2D eigenvalue weighted by atomic mass is 10.0. The van der Waals surface area contributed by atoms with Crippen LogP contribution in [0.25, 0.3) is 0 Å². The zero-order chi connectivity index (χ0) is 18.7. The van der Waals surface area contributed by atoms with Gasteiger partial charge in [0.05, 0.1) is 0 Å². The van der Waals surface area contributed by atoms with E-state index >= 15 is 0 Å². The van der Waals surface area contributed by atoms with E-state index in [2.05, 4.69) is 10.3 Å². The molecule has 0 radical (unpaired) electrons. The minimum Gasteiger partial charge on any atom is -0.344 e. The van der Waals surface area contributed by atoms with Crippen LogP contribution in [0.1, 0.15) is 24.0 Å². The van der Waals surface area contributed by atoms with Crippen LogP contribution in [0.3, 0.4) is 0 Å². The fourth-order valence-electron chi connectivity index (χ4n) is 2.96. The molecule has 0 bridgehead atoms. The number of carbonyl (C=O) groups is 2. The minimum absolute atomic E-state index is 0.122. The second-order valence-electron chi connectivity index (χ2n) is 6.78. The number of hydrogen-bond donors (Lipinski definition) is 1. The summed E-state index contributed by atoms with van der Waals surface area (Å²) >= 11 is 6.11. The van der Waals surface area contributed by atoms with Crippen molar-refractivity contribution in [2.75, 3.05) is 18.9 Å². The van der Waals surface area contributed by atoms with Crippen molar-refractivity contribution in [1.29, 1.82) is 0 Å². The van der Waals surface area contributed by atoms with Crippen molar-refractivity contribution in [1.82, 2.24) is 9.88 Å². The molecule has 136 valence electrons. The van der Waals surface area contributed by atoms with Crippen molar-refractivity contribution in [2.24, 2.45) is 5.41 Å². The molecule has 1 fully saturated rings. The first-order valence-electron chi connectivity index (χ1n) is 8.65. The van der Waals surface area contributed by atoms with E-state index in [1.807, 2.05) is 19.1 Å². The van der Waals surface area contributed by atoms with Crippen molar-refractivity contribution < 1.29 is 9.59 Å². The van der Waals surface area contributed by atoms with E-state index in [9.17, 15) is 9.59 Å². The van der Waals surface area contributed by atoms with Gasteiger partial charge in [-0.05, 0) is 61.6 Å². The number of benzene rings is 1. The predicted octanol–water partition coefficient (Wildman–Crippen LogP) is 3.46. The van der Waals surface area contributed by atoms with Gasteiger partial charge in [0.1, 0.15) is 5.41 Å². The quantitative estimate of drug-likeness (QED) is 0.791. The highest BCUT2D eigenvalue weighted by molar-refractivity contribution is 6.31. The van der Waals surface area contributed by atoms with Gasteiger partial charge in [-0.2, -0.15) is 0 Å². The number of pyridine rings is 1. The third-order valence-corrected chi connectivity index (χ3v) is 5.35. The van der Waals surface area contributed by atoms with E-state index in [0.29, 0.717) is 30.1 Å². The smallest absolute Gasteiger partial charge is 0.240 e. The summed E-state index contributed by atoms with van der Waals surface area (Å²) in [6, 6.07) is 9.22. The maximum atomic E-state index is 12.9. The van der Waals surface area contributed by atoms with E-state index in [-0.39, 0.29) is 11.8 Å². The lowest BCUT2D eigenvalue weighted by molar-refractivity contribution is -0.141. The molecule has 3 rings (SSSR count). The molecule has 1 heterocycles. The van der Waals surface area contributed by atoms with Crippen LogP contribution < -0.4 is 5.32 Å². The van der Waals surface area contributed by atoms with Gasteiger partial charge in [0, 0.05) is 36.7 Å². The summed E-state index contributed by atoms with van der Waals surface area (Å²) < 4.78 is 0. The van der Waals surface area contributed by atoms with Gasteiger partial charge >= 0.3 is 0 Å². The van der Waals surface area contributed by atoms with Crippen molar-refractivity contribution in [2.45, 2.75) is 26.2 Å². The third kappa shape index (κ3) is 3.73. The monoisotopic (exact) mass is 371 g/mol. The summed E-state index contributed by atoms with van der Waals surface area (Å²) in [7, 11) is 1.75. The molecular formula is C20H22ClN3O2. The normalized spacial score (nSPS) is 14.6. The molecule has 1 N–H and O–H groups in total. The SMILES string of the molecule is Cc1c(Cl)cccc1NC(=O)C1(C(=O)N(C)CCc2ccncc2)CC1. The number of nitrogens with one attached hydrogen (secondary N) is 1.